The van der Waals surface area contributed by atoms with Gasteiger partial charge in [-0.3, -0.25) is 14.4 Å². The molecule has 0 radical (unpaired) electrons. The number of carbonyl (C=O) groups excluding carboxylic acids is 2. The number of hydrogen-bond donors (Lipinski definition) is 3. The van der Waals surface area contributed by atoms with Crippen molar-refractivity contribution in [2.24, 2.45) is 11.5 Å². The van der Waals surface area contributed by atoms with Crippen LogP contribution in [0.4, 0.5) is 0 Å². The molecule has 0 aromatic heterocycles. The third-order valence-corrected chi connectivity index (χ3v) is 2.05. The normalized spacial score (nSPS) is 25.1. The molecule has 1 aliphatic heterocycles. The van der Waals surface area contributed by atoms with Gasteiger partial charge in [-0.1, -0.05) is 0 Å². The van der Waals surface area contributed by atoms with Crippen LogP contribution in [-0.4, -0.2) is 37.2 Å². The lowest BCUT2D eigenvalue weighted by Crippen LogP contribution is -2.37. The van der Waals surface area contributed by atoms with Gasteiger partial charge < -0.3 is 16.2 Å². The molecule has 7 nitrogen and oxygen atoms in total. The Morgan fingerprint density at radius 3 is 2.73 bits per heavy atom. The van der Waals surface area contributed by atoms with Gasteiger partial charge in [-0.15, -0.1) is 0 Å². The highest BCUT2D eigenvalue weighted by Gasteiger charge is 2.29. The van der Waals surface area contributed by atoms with Gasteiger partial charge in [-0.05, 0) is 12.8 Å². The third kappa shape index (κ3) is 3.82. The molecule has 7 heteroatoms. The van der Waals surface area contributed by atoms with Gasteiger partial charge in [0.15, 0.2) is 6.61 Å². The summed E-state index contributed by atoms with van der Waals surface area (Å²) in [5.74, 6) is -1.06. The molecule has 0 bridgehead atoms. The smallest absolute Gasteiger partial charge is 0.272 e. The molecule has 1 saturated heterocycles. The number of carbonyl (C=O) groups is 2. The maximum atomic E-state index is 11.3. The maximum Gasteiger partial charge on any atom is 0.272 e. The first-order chi connectivity index (χ1) is 7.13. The van der Waals surface area contributed by atoms with Crippen molar-refractivity contribution in [3.8, 4) is 0 Å². The largest absolute Gasteiger partial charge is 0.368 e. The van der Waals surface area contributed by atoms with Crippen molar-refractivity contribution in [2.45, 2.75) is 25.0 Å². The second kappa shape index (κ2) is 5.64. The summed E-state index contributed by atoms with van der Waals surface area (Å²) in [6, 6.07) is 0. The molecule has 2 amide bonds. The van der Waals surface area contributed by atoms with Crippen LogP contribution >= 0.6 is 0 Å². The summed E-state index contributed by atoms with van der Waals surface area (Å²) in [4.78, 5) is 26.2. The number of ether oxygens (including phenoxy) is 1. The summed E-state index contributed by atoms with van der Waals surface area (Å²) in [6.07, 6.45) is 0.737. The zero-order valence-electron chi connectivity index (χ0n) is 8.27. The molecule has 1 fully saturated rings. The number of hydrogen-bond acceptors (Lipinski definition) is 5. The summed E-state index contributed by atoms with van der Waals surface area (Å²) in [6.45, 7) is 0.0463. The van der Waals surface area contributed by atoms with E-state index in [1.165, 1.54) is 0 Å². The first-order valence-corrected chi connectivity index (χ1v) is 4.69. The highest BCUT2D eigenvalue weighted by molar-refractivity contribution is 5.80. The average molecular weight is 217 g/mol. The van der Waals surface area contributed by atoms with E-state index in [1.807, 2.05) is 0 Å². The van der Waals surface area contributed by atoms with Crippen LogP contribution in [0, 0.1) is 0 Å². The lowest BCUT2D eigenvalue weighted by molar-refractivity contribution is -0.147. The minimum atomic E-state index is -0.650. The number of nitrogens with one attached hydrogen (secondary N) is 1. The molecule has 2 unspecified atom stereocenters. The molecule has 86 valence electrons. The maximum absolute atomic E-state index is 11.3. The van der Waals surface area contributed by atoms with E-state index in [4.69, 9.17) is 16.2 Å². The molecule has 0 saturated carbocycles. The topological polar surface area (TPSA) is 117 Å². The Balaban J connectivity index is 2.20. The highest BCUT2D eigenvalue weighted by atomic mass is 16.7. The highest BCUT2D eigenvalue weighted by Crippen LogP contribution is 2.18. The SMILES string of the molecule is NCC1CCC(C(=O)NOCC(N)=O)O1. The Morgan fingerprint density at radius 2 is 2.20 bits per heavy atom. The number of rotatable bonds is 5. The van der Waals surface area contributed by atoms with Gasteiger partial charge >= 0.3 is 0 Å². The molecule has 0 aliphatic carbocycles. The van der Waals surface area contributed by atoms with E-state index >= 15 is 0 Å². The lowest BCUT2D eigenvalue weighted by Gasteiger charge is -2.11. The fourth-order valence-electron chi connectivity index (χ4n) is 1.32. The first-order valence-electron chi connectivity index (χ1n) is 4.69. The second-order valence-corrected chi connectivity index (χ2v) is 3.28. The Bertz CT molecular complexity index is 246. The summed E-state index contributed by atoms with van der Waals surface area (Å²) in [7, 11) is 0. The third-order valence-electron chi connectivity index (χ3n) is 2.05. The van der Waals surface area contributed by atoms with Gasteiger partial charge in [0.05, 0.1) is 6.10 Å². The Kier molecular flexibility index (Phi) is 4.47. The fourth-order valence-corrected chi connectivity index (χ4v) is 1.32. The van der Waals surface area contributed by atoms with Crippen molar-refractivity contribution in [2.75, 3.05) is 13.2 Å². The van der Waals surface area contributed by atoms with E-state index < -0.39 is 17.9 Å². The zero-order valence-corrected chi connectivity index (χ0v) is 8.27. The van der Waals surface area contributed by atoms with E-state index in [9.17, 15) is 9.59 Å². The van der Waals surface area contributed by atoms with Crippen molar-refractivity contribution in [3.63, 3.8) is 0 Å². The molecule has 0 aromatic rings. The van der Waals surface area contributed by atoms with Crippen molar-refractivity contribution in [1.82, 2.24) is 5.48 Å². The molecule has 2 atom stereocenters. The van der Waals surface area contributed by atoms with E-state index in [0.717, 1.165) is 6.42 Å². The van der Waals surface area contributed by atoms with Gasteiger partial charge in [0.1, 0.15) is 6.10 Å². The fraction of sp³-hybridized carbons (Fsp3) is 0.750. The summed E-state index contributed by atoms with van der Waals surface area (Å²) < 4.78 is 5.30. The van der Waals surface area contributed by atoms with Gasteiger partial charge in [0.2, 0.25) is 5.91 Å². The number of hydroxylamine groups is 1. The van der Waals surface area contributed by atoms with E-state index in [0.29, 0.717) is 13.0 Å². The Labute approximate surface area is 87.0 Å². The van der Waals surface area contributed by atoms with Crippen LogP contribution in [0.5, 0.6) is 0 Å². The van der Waals surface area contributed by atoms with Crippen LogP contribution in [-0.2, 0) is 19.2 Å². The minimum absolute atomic E-state index is 0.0723. The van der Waals surface area contributed by atoms with Gasteiger partial charge in [-0.25, -0.2) is 5.48 Å². The molecule has 0 aromatic carbocycles. The molecule has 1 heterocycles. The van der Waals surface area contributed by atoms with Crippen molar-refractivity contribution in [1.29, 1.82) is 0 Å². The standard InChI is InChI=1S/C8H15N3O4/c9-3-5-1-2-6(15-5)8(13)11-14-4-7(10)12/h5-6H,1-4,9H2,(H2,10,12)(H,11,13). The van der Waals surface area contributed by atoms with Gasteiger partial charge in [-0.2, -0.15) is 0 Å². The number of nitrogens with two attached hydrogens (primary N) is 2. The van der Waals surface area contributed by atoms with Crippen molar-refractivity contribution in [3.05, 3.63) is 0 Å². The van der Waals surface area contributed by atoms with Crippen LogP contribution in [0.1, 0.15) is 12.8 Å². The van der Waals surface area contributed by atoms with Crippen molar-refractivity contribution < 1.29 is 19.2 Å². The molecule has 5 N–H and O–H groups in total. The predicted molar refractivity (Wildman–Crippen MR) is 50.2 cm³/mol. The molecule has 0 spiro atoms. The Hall–Kier alpha value is -1.18. The number of primary amides is 1. The van der Waals surface area contributed by atoms with Crippen LogP contribution < -0.4 is 16.9 Å². The van der Waals surface area contributed by atoms with E-state index in [2.05, 4.69) is 10.3 Å². The van der Waals surface area contributed by atoms with Gasteiger partial charge in [0, 0.05) is 6.54 Å². The van der Waals surface area contributed by atoms with Gasteiger partial charge in [0.25, 0.3) is 5.91 Å². The first kappa shape index (κ1) is 11.9. The molecular weight excluding hydrogens is 202 g/mol. The average Bonchev–Trinajstić information content (AvgIpc) is 2.65. The van der Waals surface area contributed by atoms with Crippen LogP contribution in [0.2, 0.25) is 0 Å². The van der Waals surface area contributed by atoms with Crippen LogP contribution in [0.25, 0.3) is 0 Å². The van der Waals surface area contributed by atoms with Crippen LogP contribution in [0.15, 0.2) is 0 Å². The molecule has 1 aliphatic rings. The monoisotopic (exact) mass is 217 g/mol. The summed E-state index contributed by atoms with van der Waals surface area (Å²) in [5, 5.41) is 0. The molecule has 15 heavy (non-hydrogen) atoms. The summed E-state index contributed by atoms with van der Waals surface area (Å²) in [5.41, 5.74) is 12.3. The molecular formula is C8H15N3O4. The lowest BCUT2D eigenvalue weighted by atomic mass is 10.2. The quantitative estimate of drug-likeness (QED) is 0.462. The van der Waals surface area contributed by atoms with E-state index in [1.54, 1.807) is 0 Å². The summed E-state index contributed by atoms with van der Waals surface area (Å²) >= 11 is 0. The number of amides is 2. The van der Waals surface area contributed by atoms with Crippen LogP contribution in [0.3, 0.4) is 0 Å². The van der Waals surface area contributed by atoms with Crippen molar-refractivity contribution >= 4 is 11.8 Å². The predicted octanol–water partition coefficient (Wildman–Crippen LogP) is -1.97. The minimum Gasteiger partial charge on any atom is -0.368 e. The second-order valence-electron chi connectivity index (χ2n) is 3.28. The zero-order chi connectivity index (χ0) is 11.3. The molecule has 1 rings (SSSR count). The Morgan fingerprint density at radius 1 is 1.47 bits per heavy atom. The van der Waals surface area contributed by atoms with E-state index in [-0.39, 0.29) is 12.7 Å².